The highest BCUT2D eigenvalue weighted by Crippen LogP contribution is 2.25. The van der Waals surface area contributed by atoms with Crippen molar-refractivity contribution in [1.29, 1.82) is 0 Å². The molecule has 57 heavy (non-hydrogen) atoms. The lowest BCUT2D eigenvalue weighted by Gasteiger charge is -2.11. The summed E-state index contributed by atoms with van der Waals surface area (Å²) in [6, 6.07) is 15.2. The predicted octanol–water partition coefficient (Wildman–Crippen LogP) is 6.81. The van der Waals surface area contributed by atoms with E-state index in [2.05, 4.69) is 69.7 Å². The van der Waals surface area contributed by atoms with Gasteiger partial charge in [0.1, 0.15) is 16.8 Å². The molecule has 0 bridgehead atoms. The quantitative estimate of drug-likeness (QED) is 0.137. The second-order valence-electron chi connectivity index (χ2n) is 13.3. The van der Waals surface area contributed by atoms with E-state index in [4.69, 9.17) is 26.8 Å². The van der Waals surface area contributed by atoms with Gasteiger partial charge in [-0.2, -0.15) is 20.4 Å². The van der Waals surface area contributed by atoms with Crippen LogP contribution in [-0.2, 0) is 23.6 Å². The standard InChI is InChI=1S/C20H21N7O.C12H9ClN4.C8H13N3O/c1-13(12-28-3)14-7-20(26-22-9-14)25-19-5-4-17-18(24-19)6-15(8-21-17)16-10-23-27(2)11-16;1-17-7-9(6-15-17)8-4-11-10(14-5-8)2-3-12(13)16-11;1-6(5-12-2)7-3-8(9)11-10-4-7/h4-11,13H,12H2,1-3H3,(H,24,25,26);2-7H,1H3;3-4,6H,5H2,1-2H3,(H2,9,11). The van der Waals surface area contributed by atoms with Gasteiger partial charge in [0.15, 0.2) is 5.82 Å². The molecular weight excluding hydrogens is 744 g/mol. The number of hydrogen-bond donors (Lipinski definition) is 2. The SMILES string of the molecule is COCC(C)c1cnnc(N)c1.COCC(C)c1cnnc(Nc2ccc3ncc(-c4cnn(C)c4)cc3n2)c1.Cn1cc(-c2cnc3ccc(Cl)nc3c2)cn1. The zero-order valence-electron chi connectivity index (χ0n) is 32.4. The molecule has 16 nitrogen and oxygen atoms in total. The second-order valence-corrected chi connectivity index (χ2v) is 13.7. The number of aromatic nitrogens is 12. The van der Waals surface area contributed by atoms with Crippen molar-refractivity contribution >= 4 is 51.1 Å². The van der Waals surface area contributed by atoms with Gasteiger partial charge in [-0.25, -0.2) is 9.97 Å². The lowest BCUT2D eigenvalue weighted by molar-refractivity contribution is 0.184. The fraction of sp³-hybridized carbons (Fsp3) is 0.250. The van der Waals surface area contributed by atoms with Crippen LogP contribution in [0.25, 0.3) is 44.3 Å². The third-order valence-electron chi connectivity index (χ3n) is 8.71. The minimum atomic E-state index is 0.233. The van der Waals surface area contributed by atoms with E-state index in [0.717, 1.165) is 55.4 Å². The number of halogens is 1. The minimum Gasteiger partial charge on any atom is -0.384 e. The average molecular weight is 787 g/mol. The Bertz CT molecular complexity index is 2560. The van der Waals surface area contributed by atoms with Crippen molar-refractivity contribution in [2.45, 2.75) is 25.7 Å². The van der Waals surface area contributed by atoms with Crippen LogP contribution in [0.15, 0.2) is 98.1 Å². The highest BCUT2D eigenvalue weighted by Gasteiger charge is 2.10. The molecular formula is C40H43ClN14O2. The summed E-state index contributed by atoms with van der Waals surface area (Å²) >= 11 is 5.87. The molecule has 292 valence electrons. The highest BCUT2D eigenvalue weighted by atomic mass is 35.5. The number of nitrogen functional groups attached to an aromatic ring is 1. The van der Waals surface area contributed by atoms with E-state index < -0.39 is 0 Å². The van der Waals surface area contributed by atoms with Crippen LogP contribution in [0.2, 0.25) is 5.15 Å². The van der Waals surface area contributed by atoms with Crippen LogP contribution in [0.5, 0.6) is 0 Å². The Kier molecular flexibility index (Phi) is 13.3. The van der Waals surface area contributed by atoms with Gasteiger partial charge in [-0.3, -0.25) is 19.3 Å². The molecule has 0 amide bonds. The Hall–Kier alpha value is -6.49. The number of aryl methyl sites for hydroxylation is 2. The molecule has 0 aromatic carbocycles. The second kappa shape index (κ2) is 18.9. The van der Waals surface area contributed by atoms with E-state index in [0.29, 0.717) is 41.7 Å². The van der Waals surface area contributed by atoms with Crippen LogP contribution in [0.3, 0.4) is 0 Å². The molecule has 0 aliphatic rings. The predicted molar refractivity (Wildman–Crippen MR) is 221 cm³/mol. The third kappa shape index (κ3) is 10.8. The first-order valence-corrected chi connectivity index (χ1v) is 18.3. The zero-order chi connectivity index (χ0) is 40.3. The molecule has 0 spiro atoms. The van der Waals surface area contributed by atoms with Crippen LogP contribution in [0, 0.1) is 0 Å². The van der Waals surface area contributed by atoms with Gasteiger partial charge in [0.05, 0.1) is 60.1 Å². The Morgan fingerprint density at radius 2 is 1.18 bits per heavy atom. The average Bonchev–Trinajstić information content (AvgIpc) is 3.86. The molecule has 8 aromatic rings. The number of hydrogen-bond acceptors (Lipinski definition) is 14. The molecule has 17 heteroatoms. The number of anilines is 3. The zero-order valence-corrected chi connectivity index (χ0v) is 33.2. The molecule has 3 N–H and O–H groups in total. The molecule has 0 radical (unpaired) electrons. The number of nitrogens with zero attached hydrogens (tertiary/aromatic N) is 12. The number of methoxy groups -OCH3 is 2. The van der Waals surface area contributed by atoms with Crippen molar-refractivity contribution < 1.29 is 9.47 Å². The lowest BCUT2D eigenvalue weighted by atomic mass is 10.1. The number of ether oxygens (including phenoxy) is 2. The van der Waals surface area contributed by atoms with Crippen molar-refractivity contribution in [3.63, 3.8) is 0 Å². The summed E-state index contributed by atoms with van der Waals surface area (Å²) in [7, 11) is 7.14. The summed E-state index contributed by atoms with van der Waals surface area (Å²) in [5.74, 6) is 2.33. The van der Waals surface area contributed by atoms with Crippen molar-refractivity contribution in [1.82, 2.24) is 59.9 Å². The highest BCUT2D eigenvalue weighted by molar-refractivity contribution is 6.29. The van der Waals surface area contributed by atoms with Crippen molar-refractivity contribution in [3.8, 4) is 22.3 Å². The number of pyridine rings is 4. The molecule has 0 fully saturated rings. The third-order valence-corrected chi connectivity index (χ3v) is 8.93. The Balaban J connectivity index is 0.000000160. The van der Waals surface area contributed by atoms with Gasteiger partial charge in [-0.05, 0) is 59.7 Å². The van der Waals surface area contributed by atoms with Crippen LogP contribution in [0.1, 0.15) is 36.8 Å². The first-order chi connectivity index (χ1) is 27.6. The first kappa shape index (κ1) is 40.2. The summed E-state index contributed by atoms with van der Waals surface area (Å²) < 4.78 is 13.7. The van der Waals surface area contributed by atoms with E-state index >= 15 is 0 Å². The van der Waals surface area contributed by atoms with Gasteiger partial charge >= 0.3 is 0 Å². The minimum absolute atomic E-state index is 0.233. The molecule has 2 atom stereocenters. The summed E-state index contributed by atoms with van der Waals surface area (Å²) in [6.07, 6.45) is 14.6. The van der Waals surface area contributed by atoms with Gasteiger partial charge in [0.25, 0.3) is 0 Å². The summed E-state index contributed by atoms with van der Waals surface area (Å²) in [4.78, 5) is 17.8. The normalized spacial score (nSPS) is 12.0. The Morgan fingerprint density at radius 3 is 1.72 bits per heavy atom. The van der Waals surface area contributed by atoms with E-state index in [1.54, 1.807) is 48.2 Å². The molecule has 8 rings (SSSR count). The number of nitrogens with two attached hydrogens (primary N) is 1. The van der Waals surface area contributed by atoms with Gasteiger partial charge in [0.2, 0.25) is 0 Å². The van der Waals surface area contributed by atoms with Gasteiger partial charge in [0, 0.05) is 87.2 Å². The van der Waals surface area contributed by atoms with Gasteiger partial charge < -0.3 is 20.5 Å². The molecule has 2 unspecified atom stereocenters. The molecule has 0 aliphatic carbocycles. The van der Waals surface area contributed by atoms with Crippen LogP contribution in [-0.4, -0.2) is 87.3 Å². The van der Waals surface area contributed by atoms with E-state index in [-0.39, 0.29) is 5.92 Å². The molecule has 0 saturated carbocycles. The van der Waals surface area contributed by atoms with Crippen LogP contribution >= 0.6 is 11.6 Å². The van der Waals surface area contributed by atoms with Crippen molar-refractivity contribution in [2.75, 3.05) is 38.5 Å². The number of rotatable bonds is 10. The monoisotopic (exact) mass is 786 g/mol. The van der Waals surface area contributed by atoms with Crippen molar-refractivity contribution in [2.24, 2.45) is 14.1 Å². The number of fused-ring (bicyclic) bond motifs is 2. The number of nitrogens with one attached hydrogen (secondary N) is 1. The first-order valence-electron chi connectivity index (χ1n) is 17.9. The summed E-state index contributed by atoms with van der Waals surface area (Å²) in [5, 5.41) is 27.7. The maximum atomic E-state index is 5.87. The van der Waals surface area contributed by atoms with Crippen LogP contribution in [0.4, 0.5) is 17.5 Å². The van der Waals surface area contributed by atoms with E-state index in [9.17, 15) is 0 Å². The molecule has 8 heterocycles. The molecule has 0 saturated heterocycles. The van der Waals surface area contributed by atoms with Gasteiger partial charge in [-0.1, -0.05) is 25.4 Å². The maximum Gasteiger partial charge on any atom is 0.154 e. The lowest BCUT2D eigenvalue weighted by Crippen LogP contribution is -2.05. The fourth-order valence-electron chi connectivity index (χ4n) is 5.72. The van der Waals surface area contributed by atoms with Crippen LogP contribution < -0.4 is 11.1 Å². The van der Waals surface area contributed by atoms with Crippen molar-refractivity contribution in [3.05, 3.63) is 114 Å². The Morgan fingerprint density at radius 1 is 0.632 bits per heavy atom. The maximum absolute atomic E-state index is 5.87. The van der Waals surface area contributed by atoms with E-state index in [1.165, 1.54) is 0 Å². The topological polar surface area (TPSA) is 195 Å². The van der Waals surface area contributed by atoms with E-state index in [1.807, 2.05) is 87.5 Å². The van der Waals surface area contributed by atoms with Gasteiger partial charge in [-0.15, -0.1) is 10.2 Å². The fourth-order valence-corrected chi connectivity index (χ4v) is 5.87. The smallest absolute Gasteiger partial charge is 0.154 e. The molecule has 0 aliphatic heterocycles. The largest absolute Gasteiger partial charge is 0.384 e. The summed E-state index contributed by atoms with van der Waals surface area (Å²) in [5.41, 5.74) is 14.8. The Labute approximate surface area is 334 Å². The molecule has 8 aromatic heterocycles. The summed E-state index contributed by atoms with van der Waals surface area (Å²) in [6.45, 7) is 5.44.